The lowest BCUT2D eigenvalue weighted by Crippen LogP contribution is -2.57. The third kappa shape index (κ3) is 4.33. The largest absolute Gasteiger partial charge is 0.358 e. The summed E-state index contributed by atoms with van der Waals surface area (Å²) in [6, 6.07) is 60.1. The van der Waals surface area contributed by atoms with Crippen LogP contribution in [0.1, 0.15) is 75.3 Å². The average molecular weight is 855 g/mol. The second-order valence-corrected chi connectivity index (χ2v) is 22.9. The SMILES string of the molecule is c1ccc(-n2c3ccccc3c3cc(-c4ccc5c(c4)c4cc(-c6ccc7c(c6)C6(OC78C7CC9CC%10CC8CC9%10C7)C7CC8CC(C7)CC6C8)ccc4n5-c4ccccc4)ccc32)cc1. The highest BCUT2D eigenvalue weighted by molar-refractivity contribution is 6.13. The molecule has 0 amide bonds. The molecule has 322 valence electrons. The van der Waals surface area contributed by atoms with E-state index in [1.54, 1.807) is 11.1 Å². The van der Waals surface area contributed by atoms with Crippen molar-refractivity contribution in [2.75, 3.05) is 0 Å². The summed E-state index contributed by atoms with van der Waals surface area (Å²) in [5, 5.41) is 5.18. The van der Waals surface area contributed by atoms with Gasteiger partial charge < -0.3 is 13.9 Å². The fourth-order valence-electron chi connectivity index (χ4n) is 18.3. The number of benzene rings is 7. The van der Waals surface area contributed by atoms with E-state index in [9.17, 15) is 0 Å². The van der Waals surface area contributed by atoms with Crippen molar-refractivity contribution < 1.29 is 4.74 Å². The van der Waals surface area contributed by atoms with Crippen LogP contribution >= 0.6 is 0 Å². The lowest BCUT2D eigenvalue weighted by Gasteiger charge is -2.61. The molecule has 8 aliphatic carbocycles. The van der Waals surface area contributed by atoms with Crippen molar-refractivity contribution in [2.45, 2.75) is 75.4 Å². The Labute approximate surface area is 386 Å². The summed E-state index contributed by atoms with van der Waals surface area (Å²) < 4.78 is 13.2. The molecule has 0 N–H and O–H groups in total. The van der Waals surface area contributed by atoms with E-state index in [1.165, 1.54) is 141 Å². The van der Waals surface area contributed by atoms with Crippen LogP contribution in [-0.2, 0) is 15.9 Å². The third-order valence-electron chi connectivity index (χ3n) is 20.5. The van der Waals surface area contributed by atoms with Crippen LogP contribution in [0.2, 0.25) is 0 Å². The molecule has 2 aromatic heterocycles. The maximum atomic E-state index is 8.35. The molecule has 8 fully saturated rings. The van der Waals surface area contributed by atoms with Crippen LogP contribution < -0.4 is 0 Å². The minimum absolute atomic E-state index is 0.0699. The number of rotatable bonds is 4. The highest BCUT2D eigenvalue weighted by atomic mass is 16.5. The van der Waals surface area contributed by atoms with E-state index in [0.29, 0.717) is 29.1 Å². The number of aromatic nitrogens is 2. The summed E-state index contributed by atoms with van der Waals surface area (Å²) >= 11 is 0. The molecular formula is C63H54N2O. The Hall–Kier alpha value is -5.90. The number of ether oxygens (including phenoxy) is 1. The minimum atomic E-state index is -0.106. The minimum Gasteiger partial charge on any atom is -0.358 e. The van der Waals surface area contributed by atoms with Gasteiger partial charge in [0.2, 0.25) is 0 Å². The molecule has 9 aliphatic rings. The molecule has 66 heavy (non-hydrogen) atoms. The van der Waals surface area contributed by atoms with Gasteiger partial charge in [0.1, 0.15) is 11.2 Å². The second-order valence-electron chi connectivity index (χ2n) is 22.9. The zero-order valence-electron chi connectivity index (χ0n) is 37.5. The summed E-state index contributed by atoms with van der Waals surface area (Å²) in [6.45, 7) is 0. The quantitative estimate of drug-likeness (QED) is 0.173. The predicted molar refractivity (Wildman–Crippen MR) is 267 cm³/mol. The molecule has 3 heterocycles. The Morgan fingerprint density at radius 1 is 0.348 bits per heavy atom. The van der Waals surface area contributed by atoms with E-state index in [-0.39, 0.29) is 11.2 Å². The van der Waals surface area contributed by atoms with Gasteiger partial charge in [-0.1, -0.05) is 84.9 Å². The van der Waals surface area contributed by atoms with Crippen LogP contribution in [0.5, 0.6) is 0 Å². The monoisotopic (exact) mass is 854 g/mol. The Kier molecular flexibility index (Phi) is 6.78. The van der Waals surface area contributed by atoms with Gasteiger partial charge in [-0.05, 0) is 223 Å². The van der Waals surface area contributed by atoms with Gasteiger partial charge in [-0.2, -0.15) is 0 Å². The summed E-state index contributed by atoms with van der Waals surface area (Å²) in [7, 11) is 0. The summed E-state index contributed by atoms with van der Waals surface area (Å²) in [5.74, 6) is 6.51. The van der Waals surface area contributed by atoms with Crippen molar-refractivity contribution in [3.05, 3.63) is 169 Å². The van der Waals surface area contributed by atoms with Crippen molar-refractivity contribution in [2.24, 2.45) is 52.8 Å². The molecule has 8 saturated carbocycles. The lowest BCUT2D eigenvalue weighted by atomic mass is 9.48. The Bertz CT molecular complexity index is 3500. The Morgan fingerprint density at radius 3 is 1.35 bits per heavy atom. The maximum absolute atomic E-state index is 8.35. The van der Waals surface area contributed by atoms with E-state index >= 15 is 0 Å². The van der Waals surface area contributed by atoms with Crippen LogP contribution in [0, 0.1) is 52.8 Å². The molecular weight excluding hydrogens is 801 g/mol. The molecule has 3 heteroatoms. The van der Waals surface area contributed by atoms with Crippen LogP contribution in [0.25, 0.3) is 77.2 Å². The topological polar surface area (TPSA) is 19.1 Å². The molecule has 4 unspecified atom stereocenters. The van der Waals surface area contributed by atoms with Crippen LogP contribution in [0.3, 0.4) is 0 Å². The van der Waals surface area contributed by atoms with Gasteiger partial charge in [-0.3, -0.25) is 0 Å². The van der Waals surface area contributed by atoms with Gasteiger partial charge in [0.15, 0.2) is 0 Å². The average Bonchev–Trinajstić information content (AvgIpc) is 4.10. The van der Waals surface area contributed by atoms with E-state index < -0.39 is 0 Å². The number of fused-ring (bicyclic) bond motifs is 12. The van der Waals surface area contributed by atoms with Crippen LogP contribution in [-0.4, -0.2) is 9.13 Å². The van der Waals surface area contributed by atoms with E-state index in [4.69, 9.17) is 4.74 Å². The number of nitrogens with zero attached hydrogens (tertiary/aromatic N) is 2. The maximum Gasteiger partial charge on any atom is 0.100 e. The molecule has 3 nitrogen and oxygen atoms in total. The first kappa shape index (κ1) is 36.2. The van der Waals surface area contributed by atoms with Crippen LogP contribution in [0.15, 0.2) is 158 Å². The van der Waals surface area contributed by atoms with Crippen molar-refractivity contribution in [3.63, 3.8) is 0 Å². The molecule has 9 aromatic rings. The number of hydrogen-bond acceptors (Lipinski definition) is 1. The molecule has 0 radical (unpaired) electrons. The summed E-state index contributed by atoms with van der Waals surface area (Å²) in [4.78, 5) is 0. The van der Waals surface area contributed by atoms with Crippen molar-refractivity contribution in [1.82, 2.24) is 9.13 Å². The third-order valence-corrected chi connectivity index (χ3v) is 20.5. The smallest absolute Gasteiger partial charge is 0.100 e. The van der Waals surface area contributed by atoms with Crippen LogP contribution in [0.4, 0.5) is 0 Å². The highest BCUT2D eigenvalue weighted by Crippen LogP contribution is 2.82. The van der Waals surface area contributed by atoms with Gasteiger partial charge in [0.25, 0.3) is 0 Å². The van der Waals surface area contributed by atoms with Gasteiger partial charge >= 0.3 is 0 Å². The molecule has 3 spiro atoms. The molecule has 0 saturated heterocycles. The Balaban J connectivity index is 0.842. The molecule has 7 aromatic carbocycles. The zero-order chi connectivity index (χ0) is 42.7. The molecule has 18 rings (SSSR count). The van der Waals surface area contributed by atoms with Crippen molar-refractivity contribution in [1.29, 1.82) is 0 Å². The summed E-state index contributed by atoms with van der Waals surface area (Å²) in [5.41, 5.74) is 16.3. The second kappa shape index (κ2) is 12.3. The summed E-state index contributed by atoms with van der Waals surface area (Å²) in [6.07, 6.45) is 14.2. The fraction of sp³-hybridized carbons (Fsp3) is 0.333. The predicted octanol–water partition coefficient (Wildman–Crippen LogP) is 15.5. The Morgan fingerprint density at radius 2 is 0.788 bits per heavy atom. The molecule has 4 atom stereocenters. The van der Waals surface area contributed by atoms with E-state index in [1.807, 2.05) is 0 Å². The lowest BCUT2D eigenvalue weighted by molar-refractivity contribution is -0.281. The van der Waals surface area contributed by atoms with Gasteiger partial charge in [-0.15, -0.1) is 0 Å². The number of hydrogen-bond donors (Lipinski definition) is 0. The van der Waals surface area contributed by atoms with E-state index in [2.05, 4.69) is 167 Å². The number of para-hydroxylation sites is 3. The van der Waals surface area contributed by atoms with Gasteiger partial charge in [-0.25, -0.2) is 0 Å². The highest BCUT2D eigenvalue weighted by Gasteiger charge is 2.78. The van der Waals surface area contributed by atoms with Crippen molar-refractivity contribution >= 4 is 43.6 Å². The fourth-order valence-corrected chi connectivity index (χ4v) is 18.3. The standard InChI is InChI=1S/C63H54N2O/c1-3-9-49(10-4-1)64-57-14-8-7-13-51(57)52-28-39(16-20-58(52)64)40-17-21-59-53(29-40)54-30-41(18-22-60(54)65(59)50-11-5-2-6-12-50)42-15-19-55-56(31-42)62(45-24-37-23-38(26-45)27-46(62)25-37)66-63(55)47-33-43-32-44-34-48(63)36-61(43,44)35-47/h1-22,28-31,37-38,43-48H,23-27,32-36H2. The van der Waals surface area contributed by atoms with Crippen molar-refractivity contribution in [3.8, 4) is 33.6 Å². The zero-order valence-corrected chi connectivity index (χ0v) is 37.5. The first-order chi connectivity index (χ1) is 32.6. The first-order valence-electron chi connectivity index (χ1n) is 25.6. The van der Waals surface area contributed by atoms with Gasteiger partial charge in [0, 0.05) is 32.9 Å². The molecule has 7 bridgehead atoms. The first-order valence-corrected chi connectivity index (χ1v) is 25.6. The normalized spacial score (nSPS) is 33.9. The molecule has 1 aliphatic heterocycles. The van der Waals surface area contributed by atoms with E-state index in [0.717, 1.165) is 23.7 Å². The van der Waals surface area contributed by atoms with Gasteiger partial charge in [0.05, 0.1) is 22.1 Å².